The summed E-state index contributed by atoms with van der Waals surface area (Å²) in [6, 6.07) is 6.41. The standard InChI is InChI=1S/C18H12F3NO5/c1-9-10(2)17(23)27-16-8-12(4-5-13(9)16)26-15-6-3-11(18(19,20)21)7-14(15)22(24)25/h3-8H,1-2H3. The van der Waals surface area contributed by atoms with Crippen LogP contribution in [-0.2, 0) is 6.18 Å². The zero-order valence-corrected chi connectivity index (χ0v) is 14.1. The summed E-state index contributed by atoms with van der Waals surface area (Å²) in [6.07, 6.45) is -4.72. The van der Waals surface area contributed by atoms with Gasteiger partial charge in [-0.3, -0.25) is 10.1 Å². The molecule has 6 nitrogen and oxygen atoms in total. The van der Waals surface area contributed by atoms with Crippen molar-refractivity contribution in [2.24, 2.45) is 0 Å². The number of alkyl halides is 3. The summed E-state index contributed by atoms with van der Waals surface area (Å²) >= 11 is 0. The minimum absolute atomic E-state index is 0.0803. The Kier molecular flexibility index (Phi) is 4.38. The zero-order chi connectivity index (χ0) is 19.9. The van der Waals surface area contributed by atoms with E-state index in [0.29, 0.717) is 28.6 Å². The van der Waals surface area contributed by atoms with Crippen molar-refractivity contribution < 1.29 is 27.2 Å². The lowest BCUT2D eigenvalue weighted by molar-refractivity contribution is -0.385. The molecule has 1 aromatic heterocycles. The average Bonchev–Trinajstić information content (AvgIpc) is 2.59. The molecule has 0 radical (unpaired) electrons. The van der Waals surface area contributed by atoms with Gasteiger partial charge in [-0.25, -0.2) is 4.79 Å². The fourth-order valence-electron chi connectivity index (χ4n) is 2.54. The van der Waals surface area contributed by atoms with Crippen LogP contribution in [0.25, 0.3) is 11.0 Å². The molecule has 0 N–H and O–H groups in total. The van der Waals surface area contributed by atoms with E-state index < -0.39 is 28.0 Å². The van der Waals surface area contributed by atoms with Crippen LogP contribution in [-0.4, -0.2) is 4.92 Å². The van der Waals surface area contributed by atoms with Gasteiger partial charge in [0, 0.05) is 23.1 Å². The smallest absolute Gasteiger partial charge is 0.416 e. The molecule has 0 bridgehead atoms. The molecule has 0 atom stereocenters. The van der Waals surface area contributed by atoms with Gasteiger partial charge >= 0.3 is 17.5 Å². The molecule has 2 aromatic carbocycles. The molecule has 0 amide bonds. The van der Waals surface area contributed by atoms with Crippen molar-refractivity contribution >= 4 is 16.7 Å². The lowest BCUT2D eigenvalue weighted by Crippen LogP contribution is -2.06. The van der Waals surface area contributed by atoms with Crippen molar-refractivity contribution in [3.05, 3.63) is 73.6 Å². The molecule has 0 saturated carbocycles. The molecule has 0 aliphatic heterocycles. The number of hydrogen-bond donors (Lipinski definition) is 0. The molecule has 0 aliphatic carbocycles. The monoisotopic (exact) mass is 379 g/mol. The zero-order valence-electron chi connectivity index (χ0n) is 14.1. The highest BCUT2D eigenvalue weighted by atomic mass is 19.4. The number of nitro groups is 1. The van der Waals surface area contributed by atoms with E-state index in [4.69, 9.17) is 9.15 Å². The van der Waals surface area contributed by atoms with Crippen molar-refractivity contribution in [1.82, 2.24) is 0 Å². The molecule has 0 saturated heterocycles. The number of nitro benzene ring substituents is 1. The number of halogens is 3. The fraction of sp³-hybridized carbons (Fsp3) is 0.167. The van der Waals surface area contributed by atoms with E-state index in [1.54, 1.807) is 19.9 Å². The minimum Gasteiger partial charge on any atom is -0.450 e. The summed E-state index contributed by atoms with van der Waals surface area (Å²) in [6.45, 7) is 3.37. The second kappa shape index (κ2) is 6.42. The van der Waals surface area contributed by atoms with E-state index in [-0.39, 0.29) is 17.1 Å². The highest BCUT2D eigenvalue weighted by Gasteiger charge is 2.33. The van der Waals surface area contributed by atoms with E-state index >= 15 is 0 Å². The number of aryl methyl sites for hydroxylation is 1. The third-order valence-corrected chi connectivity index (χ3v) is 4.14. The number of fused-ring (bicyclic) bond motifs is 1. The SMILES string of the molecule is Cc1c(C)c2ccc(Oc3ccc(C(F)(F)F)cc3[N+](=O)[O-])cc2oc1=O. The Balaban J connectivity index is 2.06. The largest absolute Gasteiger partial charge is 0.450 e. The summed E-state index contributed by atoms with van der Waals surface area (Å²) in [7, 11) is 0. The summed E-state index contributed by atoms with van der Waals surface area (Å²) in [5.74, 6) is -0.282. The first-order valence-electron chi connectivity index (χ1n) is 7.65. The highest BCUT2D eigenvalue weighted by Crippen LogP contribution is 2.38. The van der Waals surface area contributed by atoms with E-state index in [0.717, 1.165) is 6.07 Å². The van der Waals surface area contributed by atoms with Crippen molar-refractivity contribution in [2.75, 3.05) is 0 Å². The van der Waals surface area contributed by atoms with Crippen LogP contribution in [0, 0.1) is 24.0 Å². The van der Waals surface area contributed by atoms with Gasteiger partial charge in [0.05, 0.1) is 10.5 Å². The van der Waals surface area contributed by atoms with Crippen LogP contribution in [0.4, 0.5) is 18.9 Å². The summed E-state index contributed by atoms with van der Waals surface area (Å²) < 4.78 is 48.9. The maximum absolute atomic E-state index is 12.8. The maximum Gasteiger partial charge on any atom is 0.416 e. The molecular formula is C18H12F3NO5. The van der Waals surface area contributed by atoms with Gasteiger partial charge in [0.2, 0.25) is 5.75 Å². The quantitative estimate of drug-likeness (QED) is 0.358. The number of rotatable bonds is 3. The second-order valence-corrected chi connectivity index (χ2v) is 5.84. The van der Waals surface area contributed by atoms with Crippen LogP contribution in [0.15, 0.2) is 45.6 Å². The third-order valence-electron chi connectivity index (χ3n) is 4.14. The molecule has 27 heavy (non-hydrogen) atoms. The molecular weight excluding hydrogens is 367 g/mol. The maximum atomic E-state index is 12.8. The van der Waals surface area contributed by atoms with E-state index in [2.05, 4.69) is 0 Å². The molecule has 0 aliphatic rings. The van der Waals surface area contributed by atoms with Crippen molar-refractivity contribution in [3.63, 3.8) is 0 Å². The van der Waals surface area contributed by atoms with E-state index in [1.165, 1.54) is 12.1 Å². The Hall–Kier alpha value is -3.36. The lowest BCUT2D eigenvalue weighted by atomic mass is 10.1. The number of hydrogen-bond acceptors (Lipinski definition) is 5. The van der Waals surface area contributed by atoms with Crippen molar-refractivity contribution in [1.29, 1.82) is 0 Å². The Labute approximate surface area is 149 Å². The molecule has 3 aromatic rings. The number of nitrogens with zero attached hydrogens (tertiary/aromatic N) is 1. The van der Waals surface area contributed by atoms with Crippen molar-refractivity contribution in [2.45, 2.75) is 20.0 Å². The van der Waals surface area contributed by atoms with Crippen LogP contribution >= 0.6 is 0 Å². The van der Waals surface area contributed by atoms with E-state index in [1.807, 2.05) is 0 Å². The first kappa shape index (κ1) is 18.4. The van der Waals surface area contributed by atoms with Crippen LogP contribution in [0.2, 0.25) is 0 Å². The first-order valence-corrected chi connectivity index (χ1v) is 7.65. The van der Waals surface area contributed by atoms with Crippen LogP contribution in [0.5, 0.6) is 11.5 Å². The van der Waals surface area contributed by atoms with Gasteiger partial charge in [-0.05, 0) is 43.7 Å². The van der Waals surface area contributed by atoms with Gasteiger partial charge in [-0.2, -0.15) is 13.2 Å². The Morgan fingerprint density at radius 2 is 1.78 bits per heavy atom. The van der Waals surface area contributed by atoms with Crippen LogP contribution in [0.3, 0.4) is 0 Å². The Morgan fingerprint density at radius 3 is 2.41 bits per heavy atom. The van der Waals surface area contributed by atoms with E-state index in [9.17, 15) is 28.1 Å². The van der Waals surface area contributed by atoms with Crippen LogP contribution < -0.4 is 10.4 Å². The predicted octanol–water partition coefficient (Wildman–Crippen LogP) is 5.13. The number of benzene rings is 2. The summed E-state index contributed by atoms with van der Waals surface area (Å²) in [5, 5.41) is 11.8. The molecule has 1 heterocycles. The molecule has 3 rings (SSSR count). The highest BCUT2D eigenvalue weighted by molar-refractivity contribution is 5.82. The molecule has 140 valence electrons. The van der Waals surface area contributed by atoms with Gasteiger partial charge in [0.1, 0.15) is 11.3 Å². The van der Waals surface area contributed by atoms with Crippen molar-refractivity contribution in [3.8, 4) is 11.5 Å². The van der Waals surface area contributed by atoms with Gasteiger partial charge in [-0.15, -0.1) is 0 Å². The molecule has 0 unspecified atom stereocenters. The van der Waals surface area contributed by atoms with Crippen LogP contribution in [0.1, 0.15) is 16.7 Å². The van der Waals surface area contributed by atoms with Gasteiger partial charge < -0.3 is 9.15 Å². The van der Waals surface area contributed by atoms with Gasteiger partial charge in [0.25, 0.3) is 0 Å². The normalized spacial score (nSPS) is 11.6. The third kappa shape index (κ3) is 3.48. The molecule has 0 spiro atoms. The summed E-state index contributed by atoms with van der Waals surface area (Å²) in [5.41, 5.74) is -1.14. The predicted molar refractivity (Wildman–Crippen MR) is 90.1 cm³/mol. The lowest BCUT2D eigenvalue weighted by Gasteiger charge is -2.11. The van der Waals surface area contributed by atoms with Gasteiger partial charge in [-0.1, -0.05) is 0 Å². The fourth-order valence-corrected chi connectivity index (χ4v) is 2.54. The summed E-state index contributed by atoms with van der Waals surface area (Å²) in [4.78, 5) is 22.0. The first-order chi connectivity index (χ1) is 12.6. The average molecular weight is 379 g/mol. The second-order valence-electron chi connectivity index (χ2n) is 5.84. The van der Waals surface area contributed by atoms with Gasteiger partial charge in [0.15, 0.2) is 0 Å². The number of ether oxygens (including phenoxy) is 1. The molecule has 9 heteroatoms. The Morgan fingerprint density at radius 1 is 1.07 bits per heavy atom. The molecule has 0 fully saturated rings. The topological polar surface area (TPSA) is 82.6 Å². The Bertz CT molecular complexity index is 1120. The minimum atomic E-state index is -4.72.